The summed E-state index contributed by atoms with van der Waals surface area (Å²) in [6, 6.07) is 12.2. The second kappa shape index (κ2) is 8.12. The first-order chi connectivity index (χ1) is 13.3. The molecule has 0 fully saturated rings. The molecule has 27 heavy (non-hydrogen) atoms. The molecule has 1 unspecified atom stereocenters. The topological polar surface area (TPSA) is 66.0 Å². The van der Waals surface area contributed by atoms with Crippen molar-refractivity contribution in [1.82, 2.24) is 19.9 Å². The number of nitrogens with one attached hydrogen (secondary N) is 2. The van der Waals surface area contributed by atoms with E-state index in [0.29, 0.717) is 13.0 Å². The van der Waals surface area contributed by atoms with Crippen molar-refractivity contribution in [1.29, 1.82) is 0 Å². The molecule has 3 aromatic rings. The van der Waals surface area contributed by atoms with E-state index in [4.69, 9.17) is 0 Å². The maximum absolute atomic E-state index is 12.9. The number of hydrogen-bond acceptors (Lipinski definition) is 3. The molecule has 0 radical (unpaired) electrons. The van der Waals surface area contributed by atoms with Gasteiger partial charge in [0.1, 0.15) is 6.04 Å². The molecule has 1 amide bonds. The maximum Gasteiger partial charge on any atom is 0.243 e. The summed E-state index contributed by atoms with van der Waals surface area (Å²) in [6.07, 6.45) is 10.2. The zero-order chi connectivity index (χ0) is 18.5. The second-order valence-electron chi connectivity index (χ2n) is 6.94. The fraction of sp³-hybridized carbons (Fsp3) is 0.333. The van der Waals surface area contributed by atoms with Crippen molar-refractivity contribution in [3.63, 3.8) is 0 Å². The summed E-state index contributed by atoms with van der Waals surface area (Å²) in [6.45, 7) is 2.50. The van der Waals surface area contributed by atoms with Gasteiger partial charge in [0.2, 0.25) is 5.91 Å². The summed E-state index contributed by atoms with van der Waals surface area (Å²) in [5, 5.41) is 3.13. The van der Waals surface area contributed by atoms with Crippen LogP contribution in [0.1, 0.15) is 23.7 Å². The summed E-state index contributed by atoms with van der Waals surface area (Å²) < 4.78 is 1.95. The molecule has 0 aliphatic carbocycles. The van der Waals surface area contributed by atoms with Gasteiger partial charge in [0.25, 0.3) is 0 Å². The van der Waals surface area contributed by atoms with Gasteiger partial charge in [-0.3, -0.25) is 4.79 Å². The van der Waals surface area contributed by atoms with Gasteiger partial charge in [-0.2, -0.15) is 0 Å². The summed E-state index contributed by atoms with van der Waals surface area (Å²) in [5.41, 5.74) is 3.66. The molecule has 1 aromatic carbocycles. The first-order valence-electron chi connectivity index (χ1n) is 9.51. The van der Waals surface area contributed by atoms with E-state index in [0.717, 1.165) is 31.6 Å². The van der Waals surface area contributed by atoms with Crippen molar-refractivity contribution in [2.75, 3.05) is 24.5 Å². The van der Waals surface area contributed by atoms with Gasteiger partial charge >= 0.3 is 0 Å². The van der Waals surface area contributed by atoms with Crippen molar-refractivity contribution in [3.8, 4) is 0 Å². The van der Waals surface area contributed by atoms with E-state index < -0.39 is 0 Å². The molecule has 1 aliphatic rings. The summed E-state index contributed by atoms with van der Waals surface area (Å²) in [7, 11) is 0. The molecule has 140 valence electrons. The number of aryl methyl sites for hydroxylation is 1. The number of fused-ring (bicyclic) bond motifs is 1. The first kappa shape index (κ1) is 17.4. The van der Waals surface area contributed by atoms with Gasteiger partial charge in [-0.25, -0.2) is 4.98 Å². The number of amides is 1. The van der Waals surface area contributed by atoms with Crippen LogP contribution >= 0.6 is 0 Å². The highest BCUT2D eigenvalue weighted by Gasteiger charge is 2.21. The zero-order valence-electron chi connectivity index (χ0n) is 15.3. The average molecular weight is 363 g/mol. The molecule has 6 heteroatoms. The van der Waals surface area contributed by atoms with Crippen LogP contribution in [0, 0.1) is 0 Å². The number of aromatic nitrogens is 3. The van der Waals surface area contributed by atoms with Gasteiger partial charge in [-0.1, -0.05) is 18.2 Å². The third-order valence-electron chi connectivity index (χ3n) is 5.15. The van der Waals surface area contributed by atoms with Crippen LogP contribution in [-0.4, -0.2) is 40.1 Å². The van der Waals surface area contributed by atoms with Gasteiger partial charge in [0, 0.05) is 56.0 Å². The number of imidazole rings is 1. The molecule has 4 rings (SSSR count). The van der Waals surface area contributed by atoms with Crippen molar-refractivity contribution in [2.45, 2.75) is 25.3 Å². The minimum Gasteiger partial charge on any atom is -0.370 e. The number of para-hydroxylation sites is 1. The number of nitrogens with zero attached hydrogens (tertiary/aromatic N) is 3. The van der Waals surface area contributed by atoms with Crippen LogP contribution in [0.2, 0.25) is 0 Å². The standard InChI is InChI=1S/C21H25N5O/c27-21(20(25-10-3-4-11-25)14-18-15-22-16-24-18)23-9-13-26-12-5-7-17-6-1-2-8-19(17)26/h1-4,6,8,10-11,15-16,20H,5,7,9,12-14H2,(H,22,24)(H,23,27). The van der Waals surface area contributed by atoms with E-state index in [1.54, 1.807) is 12.5 Å². The number of aromatic amines is 1. The highest BCUT2D eigenvalue weighted by molar-refractivity contribution is 5.80. The van der Waals surface area contributed by atoms with Gasteiger partial charge < -0.3 is 19.8 Å². The number of carbonyl (C=O) groups excluding carboxylic acids is 1. The summed E-state index contributed by atoms with van der Waals surface area (Å²) >= 11 is 0. The molecule has 2 N–H and O–H groups in total. The first-order valence-corrected chi connectivity index (χ1v) is 9.51. The van der Waals surface area contributed by atoms with Crippen LogP contribution in [0.25, 0.3) is 0 Å². The number of H-pyrrole nitrogens is 1. The number of benzene rings is 1. The minimum atomic E-state index is -0.283. The van der Waals surface area contributed by atoms with E-state index in [1.807, 2.05) is 29.1 Å². The van der Waals surface area contributed by atoms with Crippen molar-refractivity contribution >= 4 is 11.6 Å². The van der Waals surface area contributed by atoms with E-state index in [2.05, 4.69) is 44.5 Å². The van der Waals surface area contributed by atoms with Crippen LogP contribution in [0.4, 0.5) is 5.69 Å². The van der Waals surface area contributed by atoms with Crippen molar-refractivity contribution in [3.05, 3.63) is 72.6 Å². The molecule has 1 aliphatic heterocycles. The average Bonchev–Trinajstić information content (AvgIpc) is 3.40. The summed E-state index contributed by atoms with van der Waals surface area (Å²) in [4.78, 5) is 22.4. The van der Waals surface area contributed by atoms with Gasteiger partial charge in [0.15, 0.2) is 0 Å². The van der Waals surface area contributed by atoms with E-state index in [-0.39, 0.29) is 11.9 Å². The zero-order valence-corrected chi connectivity index (χ0v) is 15.3. The largest absolute Gasteiger partial charge is 0.370 e. The van der Waals surface area contributed by atoms with Crippen LogP contribution in [0.15, 0.2) is 61.3 Å². The summed E-state index contributed by atoms with van der Waals surface area (Å²) in [5.74, 6) is 0.0334. The number of anilines is 1. The molecule has 2 aromatic heterocycles. The van der Waals surface area contributed by atoms with Gasteiger partial charge in [-0.15, -0.1) is 0 Å². The lowest BCUT2D eigenvalue weighted by Gasteiger charge is -2.31. The van der Waals surface area contributed by atoms with Gasteiger partial charge in [0.05, 0.1) is 6.33 Å². The highest BCUT2D eigenvalue weighted by Crippen LogP contribution is 2.26. The van der Waals surface area contributed by atoms with Crippen LogP contribution in [0.5, 0.6) is 0 Å². The lowest BCUT2D eigenvalue weighted by molar-refractivity contribution is -0.124. The smallest absolute Gasteiger partial charge is 0.243 e. The molecular formula is C21H25N5O. The Balaban J connectivity index is 1.37. The molecule has 0 saturated carbocycles. The number of hydrogen-bond donors (Lipinski definition) is 2. The lowest BCUT2D eigenvalue weighted by atomic mass is 10.0. The predicted octanol–water partition coefficient (Wildman–Crippen LogP) is 2.56. The Morgan fingerprint density at radius 1 is 1.22 bits per heavy atom. The maximum atomic E-state index is 12.9. The number of carbonyl (C=O) groups is 1. The predicted molar refractivity (Wildman–Crippen MR) is 106 cm³/mol. The Labute approximate surface area is 159 Å². The molecular weight excluding hydrogens is 338 g/mol. The number of rotatable bonds is 7. The Hall–Kier alpha value is -3.02. The molecule has 3 heterocycles. The quantitative estimate of drug-likeness (QED) is 0.678. The lowest BCUT2D eigenvalue weighted by Crippen LogP contribution is -2.40. The Bertz CT molecular complexity index is 857. The van der Waals surface area contributed by atoms with Crippen LogP contribution < -0.4 is 10.2 Å². The normalized spacial score (nSPS) is 14.6. The van der Waals surface area contributed by atoms with Gasteiger partial charge in [-0.05, 0) is 36.6 Å². The van der Waals surface area contributed by atoms with Crippen LogP contribution in [-0.2, 0) is 17.6 Å². The fourth-order valence-electron chi connectivity index (χ4n) is 3.77. The monoisotopic (exact) mass is 363 g/mol. The van der Waals surface area contributed by atoms with Crippen molar-refractivity contribution < 1.29 is 4.79 Å². The minimum absolute atomic E-state index is 0.0334. The SMILES string of the molecule is O=C(NCCN1CCCc2ccccc21)C(Cc1cnc[nH]1)n1cccc1. The third-order valence-corrected chi connectivity index (χ3v) is 5.15. The Morgan fingerprint density at radius 3 is 2.89 bits per heavy atom. The fourth-order valence-corrected chi connectivity index (χ4v) is 3.77. The Kier molecular flexibility index (Phi) is 5.23. The molecule has 0 bridgehead atoms. The van der Waals surface area contributed by atoms with E-state index >= 15 is 0 Å². The molecule has 0 spiro atoms. The molecule has 0 saturated heterocycles. The van der Waals surface area contributed by atoms with E-state index in [1.165, 1.54) is 11.3 Å². The van der Waals surface area contributed by atoms with E-state index in [9.17, 15) is 4.79 Å². The highest BCUT2D eigenvalue weighted by atomic mass is 16.2. The Morgan fingerprint density at radius 2 is 2.07 bits per heavy atom. The molecule has 1 atom stereocenters. The molecule has 6 nitrogen and oxygen atoms in total. The van der Waals surface area contributed by atoms with Crippen molar-refractivity contribution in [2.24, 2.45) is 0 Å². The second-order valence-corrected chi connectivity index (χ2v) is 6.94. The van der Waals surface area contributed by atoms with Crippen LogP contribution in [0.3, 0.4) is 0 Å². The third kappa shape index (κ3) is 4.05.